The Balaban J connectivity index is 2.22. The second-order valence-electron chi connectivity index (χ2n) is 3.45. The summed E-state index contributed by atoms with van der Waals surface area (Å²) in [6.07, 6.45) is 4.79. The van der Waals surface area contributed by atoms with E-state index in [0.29, 0.717) is 0 Å². The summed E-state index contributed by atoms with van der Waals surface area (Å²) in [5.74, 6) is 1.11. The van der Waals surface area contributed by atoms with Crippen molar-refractivity contribution >= 4 is 11.6 Å². The Morgan fingerprint density at radius 2 is 2.27 bits per heavy atom. The molecule has 0 spiro atoms. The fraction of sp³-hybridized carbons (Fsp3) is 0.250. The van der Waals surface area contributed by atoms with E-state index < -0.39 is 0 Å². The Kier molecular flexibility index (Phi) is 3.07. The van der Waals surface area contributed by atoms with Crippen LogP contribution < -0.4 is 0 Å². The smallest absolute Gasteiger partial charge is 0.108 e. The number of halogens is 1. The molecule has 1 aromatic heterocycles. The minimum Gasteiger partial charge on any atom is -0.331 e. The van der Waals surface area contributed by atoms with E-state index in [1.807, 2.05) is 30.6 Å². The van der Waals surface area contributed by atoms with Crippen molar-refractivity contribution in [3.05, 3.63) is 53.1 Å². The van der Waals surface area contributed by atoms with E-state index in [4.69, 9.17) is 11.6 Å². The van der Waals surface area contributed by atoms with Gasteiger partial charge in [0.15, 0.2) is 0 Å². The van der Waals surface area contributed by atoms with Gasteiger partial charge in [0.05, 0.1) is 0 Å². The lowest BCUT2D eigenvalue weighted by Gasteiger charge is -2.06. The average molecular weight is 221 g/mol. The van der Waals surface area contributed by atoms with E-state index in [0.717, 1.165) is 23.8 Å². The second-order valence-corrected chi connectivity index (χ2v) is 3.89. The zero-order chi connectivity index (χ0) is 10.7. The fourth-order valence-electron chi connectivity index (χ4n) is 1.63. The lowest BCUT2D eigenvalue weighted by Crippen LogP contribution is -2.03. The number of hydrogen-bond donors (Lipinski definition) is 0. The number of benzene rings is 1. The van der Waals surface area contributed by atoms with E-state index >= 15 is 0 Å². The summed E-state index contributed by atoms with van der Waals surface area (Å²) < 4.78 is 2.14. The molecule has 0 aliphatic heterocycles. The molecule has 0 saturated heterocycles. The molecule has 0 atom stereocenters. The summed E-state index contributed by atoms with van der Waals surface area (Å²) in [4.78, 5) is 4.28. The van der Waals surface area contributed by atoms with Crippen LogP contribution >= 0.6 is 11.6 Å². The van der Waals surface area contributed by atoms with E-state index in [2.05, 4.69) is 22.5 Å². The summed E-state index contributed by atoms with van der Waals surface area (Å²) in [7, 11) is 0. The molecule has 78 valence electrons. The molecule has 0 radical (unpaired) electrons. The van der Waals surface area contributed by atoms with E-state index in [9.17, 15) is 0 Å². The Bertz CT molecular complexity index is 448. The number of aromatic nitrogens is 2. The van der Waals surface area contributed by atoms with Crippen LogP contribution in [0.2, 0.25) is 5.02 Å². The maximum atomic E-state index is 5.93. The zero-order valence-corrected chi connectivity index (χ0v) is 9.41. The summed E-state index contributed by atoms with van der Waals surface area (Å²) in [6.45, 7) is 2.94. The van der Waals surface area contributed by atoms with Gasteiger partial charge in [-0.25, -0.2) is 4.98 Å². The number of aryl methyl sites for hydroxylation is 1. The maximum absolute atomic E-state index is 5.93. The molecule has 0 bridgehead atoms. The topological polar surface area (TPSA) is 17.8 Å². The van der Waals surface area contributed by atoms with Crippen molar-refractivity contribution in [2.45, 2.75) is 19.9 Å². The molecule has 0 fully saturated rings. The van der Waals surface area contributed by atoms with Crippen LogP contribution in [0, 0.1) is 0 Å². The highest BCUT2D eigenvalue weighted by atomic mass is 35.5. The molecular formula is C12H13ClN2. The fourth-order valence-corrected chi connectivity index (χ4v) is 1.84. The maximum Gasteiger partial charge on any atom is 0.108 e. The summed E-state index contributed by atoms with van der Waals surface area (Å²) in [6, 6.07) is 7.92. The third-order valence-corrected chi connectivity index (χ3v) is 2.59. The Morgan fingerprint density at radius 1 is 1.40 bits per heavy atom. The Morgan fingerprint density at radius 3 is 3.00 bits per heavy atom. The lowest BCUT2D eigenvalue weighted by molar-refractivity contribution is 0.732. The highest BCUT2D eigenvalue weighted by molar-refractivity contribution is 6.30. The Labute approximate surface area is 94.5 Å². The van der Waals surface area contributed by atoms with Gasteiger partial charge in [-0.3, -0.25) is 0 Å². The Hall–Kier alpha value is -1.28. The van der Waals surface area contributed by atoms with Crippen LogP contribution in [0.1, 0.15) is 18.3 Å². The molecule has 0 N–H and O–H groups in total. The van der Waals surface area contributed by atoms with Gasteiger partial charge in [0, 0.05) is 30.4 Å². The number of hydrogen-bond acceptors (Lipinski definition) is 1. The van der Waals surface area contributed by atoms with E-state index in [-0.39, 0.29) is 0 Å². The minimum absolute atomic E-state index is 0.783. The molecular weight excluding hydrogens is 208 g/mol. The van der Waals surface area contributed by atoms with Crippen LogP contribution in [0.3, 0.4) is 0 Å². The van der Waals surface area contributed by atoms with Crippen molar-refractivity contribution in [1.29, 1.82) is 0 Å². The lowest BCUT2D eigenvalue weighted by atomic mass is 10.2. The molecule has 0 aliphatic rings. The summed E-state index contributed by atoms with van der Waals surface area (Å²) >= 11 is 5.93. The summed E-state index contributed by atoms with van der Waals surface area (Å²) in [5.41, 5.74) is 1.20. The van der Waals surface area contributed by atoms with Crippen molar-refractivity contribution in [2.75, 3.05) is 0 Å². The minimum atomic E-state index is 0.783. The molecule has 15 heavy (non-hydrogen) atoms. The van der Waals surface area contributed by atoms with Gasteiger partial charge < -0.3 is 4.57 Å². The van der Waals surface area contributed by atoms with Crippen LogP contribution in [-0.2, 0) is 13.0 Å². The molecule has 1 aromatic carbocycles. The first-order valence-electron chi connectivity index (χ1n) is 5.04. The van der Waals surface area contributed by atoms with Crippen molar-refractivity contribution in [2.24, 2.45) is 0 Å². The quantitative estimate of drug-likeness (QED) is 0.777. The molecule has 0 unspecified atom stereocenters. The van der Waals surface area contributed by atoms with Crippen LogP contribution in [0.4, 0.5) is 0 Å². The van der Waals surface area contributed by atoms with Crippen molar-refractivity contribution < 1.29 is 0 Å². The van der Waals surface area contributed by atoms with Gasteiger partial charge >= 0.3 is 0 Å². The van der Waals surface area contributed by atoms with Crippen molar-refractivity contribution in [3.63, 3.8) is 0 Å². The standard InChI is InChI=1S/C12H13ClN2/c1-2-12-14-6-7-15(12)9-10-4-3-5-11(13)8-10/h3-8H,2,9H2,1H3. The van der Waals surface area contributed by atoms with Gasteiger partial charge in [-0.2, -0.15) is 0 Å². The monoisotopic (exact) mass is 220 g/mol. The van der Waals surface area contributed by atoms with Gasteiger partial charge in [-0.1, -0.05) is 30.7 Å². The molecule has 0 aliphatic carbocycles. The van der Waals surface area contributed by atoms with Crippen molar-refractivity contribution in [1.82, 2.24) is 9.55 Å². The van der Waals surface area contributed by atoms with Crippen LogP contribution in [0.5, 0.6) is 0 Å². The van der Waals surface area contributed by atoms with Gasteiger partial charge in [-0.05, 0) is 17.7 Å². The van der Waals surface area contributed by atoms with Crippen LogP contribution in [-0.4, -0.2) is 9.55 Å². The SMILES string of the molecule is CCc1nccn1Cc1cccc(Cl)c1. The largest absolute Gasteiger partial charge is 0.331 e. The molecule has 2 rings (SSSR count). The highest BCUT2D eigenvalue weighted by Gasteiger charge is 2.01. The molecule has 0 amide bonds. The highest BCUT2D eigenvalue weighted by Crippen LogP contribution is 2.12. The first kappa shape index (κ1) is 10.2. The summed E-state index contributed by atoms with van der Waals surface area (Å²) in [5, 5.41) is 0.783. The van der Waals surface area contributed by atoms with Crippen LogP contribution in [0.15, 0.2) is 36.7 Å². The van der Waals surface area contributed by atoms with Gasteiger partial charge in [0.1, 0.15) is 5.82 Å². The number of rotatable bonds is 3. The van der Waals surface area contributed by atoms with Gasteiger partial charge in [-0.15, -0.1) is 0 Å². The number of imidazole rings is 1. The predicted octanol–water partition coefficient (Wildman–Crippen LogP) is 3.15. The number of nitrogens with zero attached hydrogens (tertiary/aromatic N) is 2. The molecule has 2 nitrogen and oxygen atoms in total. The molecule has 0 saturated carbocycles. The van der Waals surface area contributed by atoms with E-state index in [1.54, 1.807) is 0 Å². The normalized spacial score (nSPS) is 10.5. The second kappa shape index (κ2) is 4.49. The molecule has 2 aromatic rings. The first-order valence-corrected chi connectivity index (χ1v) is 5.42. The third-order valence-electron chi connectivity index (χ3n) is 2.36. The zero-order valence-electron chi connectivity index (χ0n) is 8.65. The first-order chi connectivity index (χ1) is 7.29. The van der Waals surface area contributed by atoms with E-state index in [1.165, 1.54) is 5.56 Å². The average Bonchev–Trinajstić information content (AvgIpc) is 2.65. The van der Waals surface area contributed by atoms with Crippen molar-refractivity contribution in [3.8, 4) is 0 Å². The third kappa shape index (κ3) is 2.39. The predicted molar refractivity (Wildman–Crippen MR) is 62.2 cm³/mol. The molecule has 3 heteroatoms. The van der Waals surface area contributed by atoms with Crippen LogP contribution in [0.25, 0.3) is 0 Å². The van der Waals surface area contributed by atoms with Gasteiger partial charge in [0.25, 0.3) is 0 Å². The molecule has 1 heterocycles. The van der Waals surface area contributed by atoms with Gasteiger partial charge in [0.2, 0.25) is 0 Å².